The van der Waals surface area contributed by atoms with Crippen LogP contribution in [-0.2, 0) is 4.74 Å². The molecular formula is C19H24FN3O2. The molecule has 1 fully saturated rings. The van der Waals surface area contributed by atoms with Crippen LogP contribution < -0.4 is 4.74 Å². The number of hydrogen-bond acceptors (Lipinski definition) is 5. The van der Waals surface area contributed by atoms with E-state index in [-0.39, 0.29) is 11.9 Å². The Bertz CT molecular complexity index is 691. The van der Waals surface area contributed by atoms with Gasteiger partial charge < -0.3 is 9.47 Å². The fourth-order valence-electron chi connectivity index (χ4n) is 2.99. The van der Waals surface area contributed by atoms with Gasteiger partial charge in [-0.05, 0) is 38.5 Å². The van der Waals surface area contributed by atoms with E-state index in [1.807, 2.05) is 19.9 Å². The summed E-state index contributed by atoms with van der Waals surface area (Å²) in [6.07, 6.45) is 0.731. The lowest BCUT2D eigenvalue weighted by atomic mass is 10.2. The summed E-state index contributed by atoms with van der Waals surface area (Å²) in [5.74, 6) is 0.747. The number of rotatable bonds is 6. The van der Waals surface area contributed by atoms with Crippen molar-refractivity contribution >= 4 is 0 Å². The zero-order valence-electron chi connectivity index (χ0n) is 14.7. The molecule has 0 amide bonds. The van der Waals surface area contributed by atoms with Crippen molar-refractivity contribution in [3.05, 3.63) is 53.4 Å². The van der Waals surface area contributed by atoms with Crippen LogP contribution in [0.1, 0.15) is 29.7 Å². The number of morpholine rings is 1. The second-order valence-corrected chi connectivity index (χ2v) is 6.30. The molecule has 2 aromatic rings. The molecule has 5 nitrogen and oxygen atoms in total. The van der Waals surface area contributed by atoms with Crippen molar-refractivity contribution in [3.63, 3.8) is 0 Å². The lowest BCUT2D eigenvalue weighted by Gasteiger charge is -2.32. The molecule has 1 aliphatic heterocycles. The molecule has 0 unspecified atom stereocenters. The highest BCUT2D eigenvalue weighted by atomic mass is 19.1. The standard InChI is InChI=1S/C19H24FN3O2/c1-14-12-15(2)22-19(21-14)18-13-23(9-11-25-18)8-5-10-24-17-7-4-3-6-16(17)20/h3-4,6-7,12,18H,5,8-11,13H2,1-2H3/t18-/m1/s1. The van der Waals surface area contributed by atoms with Crippen molar-refractivity contribution in [3.8, 4) is 5.75 Å². The van der Waals surface area contributed by atoms with Crippen LogP contribution in [0.25, 0.3) is 0 Å². The third kappa shape index (κ3) is 4.96. The van der Waals surface area contributed by atoms with E-state index in [9.17, 15) is 4.39 Å². The molecule has 1 aromatic heterocycles. The summed E-state index contributed by atoms with van der Waals surface area (Å²) in [5.41, 5.74) is 1.92. The molecule has 0 aliphatic carbocycles. The number of hydrogen-bond donors (Lipinski definition) is 0. The molecule has 1 atom stereocenters. The average Bonchev–Trinajstić information content (AvgIpc) is 2.59. The van der Waals surface area contributed by atoms with Crippen molar-refractivity contribution in [2.45, 2.75) is 26.4 Å². The minimum Gasteiger partial charge on any atom is -0.490 e. The predicted molar refractivity (Wildman–Crippen MR) is 93.2 cm³/mol. The van der Waals surface area contributed by atoms with Crippen molar-refractivity contribution in [2.24, 2.45) is 0 Å². The van der Waals surface area contributed by atoms with E-state index in [4.69, 9.17) is 9.47 Å². The first-order valence-electron chi connectivity index (χ1n) is 8.65. The summed E-state index contributed by atoms with van der Waals surface area (Å²) in [7, 11) is 0. The molecule has 0 N–H and O–H groups in total. The maximum Gasteiger partial charge on any atom is 0.165 e. The van der Waals surface area contributed by atoms with Crippen molar-refractivity contribution in [2.75, 3.05) is 32.8 Å². The van der Waals surface area contributed by atoms with Crippen molar-refractivity contribution in [1.29, 1.82) is 0 Å². The molecule has 1 aliphatic rings. The quantitative estimate of drug-likeness (QED) is 0.753. The summed E-state index contributed by atoms with van der Waals surface area (Å²) in [4.78, 5) is 11.3. The van der Waals surface area contributed by atoms with Crippen LogP contribution in [0, 0.1) is 19.7 Å². The van der Waals surface area contributed by atoms with E-state index in [1.165, 1.54) is 6.07 Å². The first-order valence-corrected chi connectivity index (χ1v) is 8.65. The predicted octanol–water partition coefficient (Wildman–Crippen LogP) is 3.07. The SMILES string of the molecule is Cc1cc(C)nc([C@H]2CN(CCCOc3ccccc3F)CCO2)n1. The van der Waals surface area contributed by atoms with Gasteiger partial charge in [0.05, 0.1) is 13.2 Å². The molecule has 0 radical (unpaired) electrons. The fraction of sp³-hybridized carbons (Fsp3) is 0.474. The molecule has 3 rings (SSSR count). The maximum absolute atomic E-state index is 13.5. The normalized spacial score (nSPS) is 18.3. The van der Waals surface area contributed by atoms with E-state index >= 15 is 0 Å². The van der Waals surface area contributed by atoms with Gasteiger partial charge in [0, 0.05) is 31.0 Å². The van der Waals surface area contributed by atoms with Crippen LogP contribution in [0.3, 0.4) is 0 Å². The van der Waals surface area contributed by atoms with Crippen molar-refractivity contribution in [1.82, 2.24) is 14.9 Å². The summed E-state index contributed by atoms with van der Waals surface area (Å²) < 4.78 is 24.9. The molecule has 0 spiro atoms. The van der Waals surface area contributed by atoms with E-state index in [0.29, 0.717) is 19.0 Å². The largest absolute Gasteiger partial charge is 0.490 e. The Labute approximate surface area is 147 Å². The number of aryl methyl sites for hydroxylation is 2. The highest BCUT2D eigenvalue weighted by Gasteiger charge is 2.24. The molecule has 1 saturated heterocycles. The average molecular weight is 345 g/mol. The van der Waals surface area contributed by atoms with E-state index in [0.717, 1.165) is 43.3 Å². The van der Waals surface area contributed by atoms with Gasteiger partial charge in [0.1, 0.15) is 6.10 Å². The van der Waals surface area contributed by atoms with Gasteiger partial charge in [0.15, 0.2) is 17.4 Å². The minimum absolute atomic E-state index is 0.0974. The second kappa shape index (κ2) is 8.36. The molecule has 0 bridgehead atoms. The van der Waals surface area contributed by atoms with Crippen LogP contribution >= 0.6 is 0 Å². The highest BCUT2D eigenvalue weighted by Crippen LogP contribution is 2.20. The monoisotopic (exact) mass is 345 g/mol. The Kier molecular flexibility index (Phi) is 5.94. The zero-order chi connectivity index (χ0) is 17.6. The lowest BCUT2D eigenvalue weighted by Crippen LogP contribution is -2.39. The Morgan fingerprint density at radius 2 is 2.00 bits per heavy atom. The number of aromatic nitrogens is 2. The molecule has 25 heavy (non-hydrogen) atoms. The summed E-state index contributed by atoms with van der Waals surface area (Å²) in [5, 5.41) is 0. The Morgan fingerprint density at radius 3 is 2.76 bits per heavy atom. The summed E-state index contributed by atoms with van der Waals surface area (Å²) in [6.45, 7) is 7.61. The number of para-hydroxylation sites is 1. The third-order valence-corrected chi connectivity index (χ3v) is 4.15. The molecular weight excluding hydrogens is 321 g/mol. The van der Waals surface area contributed by atoms with Gasteiger partial charge in [-0.1, -0.05) is 12.1 Å². The summed E-state index contributed by atoms with van der Waals surface area (Å²) >= 11 is 0. The minimum atomic E-state index is -0.319. The van der Waals surface area contributed by atoms with Gasteiger partial charge in [-0.2, -0.15) is 0 Å². The van der Waals surface area contributed by atoms with Gasteiger partial charge in [0.25, 0.3) is 0 Å². The smallest absolute Gasteiger partial charge is 0.165 e. The molecule has 6 heteroatoms. The van der Waals surface area contributed by atoms with Crippen LogP contribution in [0.2, 0.25) is 0 Å². The van der Waals surface area contributed by atoms with Crippen LogP contribution in [0.4, 0.5) is 4.39 Å². The Morgan fingerprint density at radius 1 is 1.24 bits per heavy atom. The molecule has 1 aromatic carbocycles. The van der Waals surface area contributed by atoms with Crippen LogP contribution in [0.5, 0.6) is 5.75 Å². The number of ether oxygens (including phenoxy) is 2. The van der Waals surface area contributed by atoms with Gasteiger partial charge in [-0.25, -0.2) is 14.4 Å². The maximum atomic E-state index is 13.5. The van der Waals surface area contributed by atoms with Crippen LogP contribution in [-0.4, -0.2) is 47.7 Å². The van der Waals surface area contributed by atoms with Crippen LogP contribution in [0.15, 0.2) is 30.3 Å². The number of benzene rings is 1. The molecule has 134 valence electrons. The number of halogens is 1. The molecule has 2 heterocycles. The Hall–Kier alpha value is -2.05. The van der Waals surface area contributed by atoms with E-state index in [2.05, 4.69) is 14.9 Å². The fourth-order valence-corrected chi connectivity index (χ4v) is 2.99. The van der Waals surface area contributed by atoms with E-state index in [1.54, 1.807) is 18.2 Å². The van der Waals surface area contributed by atoms with E-state index < -0.39 is 0 Å². The lowest BCUT2D eigenvalue weighted by molar-refractivity contribution is -0.0354. The number of nitrogens with zero attached hydrogens (tertiary/aromatic N) is 3. The third-order valence-electron chi connectivity index (χ3n) is 4.15. The van der Waals surface area contributed by atoms with Gasteiger partial charge in [-0.3, -0.25) is 4.90 Å². The Balaban J connectivity index is 1.48. The van der Waals surface area contributed by atoms with Crippen molar-refractivity contribution < 1.29 is 13.9 Å². The summed E-state index contributed by atoms with van der Waals surface area (Å²) in [6, 6.07) is 8.45. The second-order valence-electron chi connectivity index (χ2n) is 6.30. The van der Waals surface area contributed by atoms with Gasteiger partial charge in [0.2, 0.25) is 0 Å². The van der Waals surface area contributed by atoms with Gasteiger partial charge in [-0.15, -0.1) is 0 Å². The zero-order valence-corrected chi connectivity index (χ0v) is 14.7. The van der Waals surface area contributed by atoms with Gasteiger partial charge >= 0.3 is 0 Å². The first kappa shape index (κ1) is 17.8. The highest BCUT2D eigenvalue weighted by molar-refractivity contribution is 5.23. The first-order chi connectivity index (χ1) is 12.1. The topological polar surface area (TPSA) is 47.5 Å². The molecule has 0 saturated carbocycles.